The van der Waals surface area contributed by atoms with Crippen LogP contribution in [0.5, 0.6) is 0 Å². The van der Waals surface area contributed by atoms with Gasteiger partial charge in [0.1, 0.15) is 5.82 Å². The molecule has 0 saturated carbocycles. The highest BCUT2D eigenvalue weighted by atomic mass is 32.1. The van der Waals surface area contributed by atoms with Crippen LogP contribution in [-0.4, -0.2) is 16.3 Å². The highest BCUT2D eigenvalue weighted by Gasteiger charge is 2.11. The first-order valence-corrected chi connectivity index (χ1v) is 8.09. The number of benzene rings is 2. The quantitative estimate of drug-likeness (QED) is 0.684. The molecule has 0 spiro atoms. The predicted octanol–water partition coefficient (Wildman–Crippen LogP) is 3.31. The van der Waals surface area contributed by atoms with Gasteiger partial charge in [-0.15, -0.1) is 11.3 Å². The van der Waals surface area contributed by atoms with E-state index in [-0.39, 0.29) is 17.9 Å². The summed E-state index contributed by atoms with van der Waals surface area (Å²) in [6, 6.07) is 14.6. The predicted molar refractivity (Wildman–Crippen MR) is 89.4 cm³/mol. The van der Waals surface area contributed by atoms with Crippen LogP contribution in [0.2, 0.25) is 0 Å². The summed E-state index contributed by atoms with van der Waals surface area (Å²) in [5, 5.41) is 1.73. The fourth-order valence-electron chi connectivity index (χ4n) is 2.16. The molecule has 0 atom stereocenters. The summed E-state index contributed by atoms with van der Waals surface area (Å²) in [5.41, 5.74) is 0.495. The van der Waals surface area contributed by atoms with Crippen LogP contribution in [0.25, 0.3) is 0 Å². The lowest BCUT2D eigenvalue weighted by Gasteiger charge is -2.03. The van der Waals surface area contributed by atoms with Crippen LogP contribution < -0.4 is 4.80 Å². The lowest BCUT2D eigenvalue weighted by atomic mass is 10.1. The first-order valence-electron chi connectivity index (χ1n) is 7.21. The van der Waals surface area contributed by atoms with Gasteiger partial charge in [-0.2, -0.15) is 4.99 Å². The average molecular weight is 340 g/mol. The second-order valence-electron chi connectivity index (χ2n) is 5.00. The third-order valence-electron chi connectivity index (χ3n) is 3.37. The third kappa shape index (κ3) is 3.55. The molecule has 0 unspecified atom stereocenters. The number of hydrogen-bond acceptors (Lipinski definition) is 3. The molecule has 24 heavy (non-hydrogen) atoms. The minimum Gasteiger partial charge on any atom is -0.316 e. The van der Waals surface area contributed by atoms with Crippen molar-refractivity contribution in [3.8, 4) is 0 Å². The van der Waals surface area contributed by atoms with Gasteiger partial charge in [-0.1, -0.05) is 42.5 Å². The first-order chi connectivity index (χ1) is 11.6. The molecule has 0 saturated heterocycles. The Morgan fingerprint density at radius 3 is 2.50 bits per heavy atom. The van der Waals surface area contributed by atoms with Crippen molar-refractivity contribution in [1.82, 2.24) is 4.57 Å². The van der Waals surface area contributed by atoms with E-state index in [0.29, 0.717) is 10.4 Å². The number of ketones is 1. The maximum absolute atomic E-state index is 13.7. The molecule has 1 aromatic heterocycles. The SMILES string of the molecule is O=C(Cn1ccsc1=NC(=O)c1ccccc1F)c1ccccc1. The van der Waals surface area contributed by atoms with Crippen molar-refractivity contribution >= 4 is 23.0 Å². The Balaban J connectivity index is 1.87. The zero-order chi connectivity index (χ0) is 16.9. The van der Waals surface area contributed by atoms with Crippen molar-refractivity contribution in [3.05, 3.63) is 87.9 Å². The molecule has 0 aliphatic heterocycles. The smallest absolute Gasteiger partial charge is 0.282 e. The molecule has 3 rings (SSSR count). The van der Waals surface area contributed by atoms with Crippen molar-refractivity contribution in [1.29, 1.82) is 0 Å². The van der Waals surface area contributed by atoms with Gasteiger partial charge >= 0.3 is 0 Å². The Labute approximate surface area is 141 Å². The van der Waals surface area contributed by atoms with Crippen LogP contribution in [0.1, 0.15) is 20.7 Å². The molecule has 120 valence electrons. The minimum absolute atomic E-state index is 0.0664. The zero-order valence-electron chi connectivity index (χ0n) is 12.6. The van der Waals surface area contributed by atoms with E-state index in [4.69, 9.17) is 0 Å². The van der Waals surface area contributed by atoms with Gasteiger partial charge in [-0.3, -0.25) is 9.59 Å². The molecule has 0 radical (unpaired) electrons. The second kappa shape index (κ2) is 7.14. The van der Waals surface area contributed by atoms with Crippen LogP contribution in [0.3, 0.4) is 0 Å². The van der Waals surface area contributed by atoms with Gasteiger partial charge in [0.25, 0.3) is 5.91 Å². The zero-order valence-corrected chi connectivity index (χ0v) is 13.4. The van der Waals surface area contributed by atoms with Crippen molar-refractivity contribution in [2.45, 2.75) is 6.54 Å². The summed E-state index contributed by atoms with van der Waals surface area (Å²) in [7, 11) is 0. The summed E-state index contributed by atoms with van der Waals surface area (Å²) in [6.07, 6.45) is 1.68. The number of aromatic nitrogens is 1. The molecule has 1 amide bonds. The number of thiazole rings is 1. The fraction of sp³-hybridized carbons (Fsp3) is 0.0556. The highest BCUT2D eigenvalue weighted by molar-refractivity contribution is 7.07. The van der Waals surface area contributed by atoms with Gasteiger partial charge in [0.05, 0.1) is 12.1 Å². The van der Waals surface area contributed by atoms with E-state index in [1.54, 1.807) is 46.5 Å². The van der Waals surface area contributed by atoms with Crippen molar-refractivity contribution in [3.63, 3.8) is 0 Å². The lowest BCUT2D eigenvalue weighted by Crippen LogP contribution is -2.21. The maximum Gasteiger partial charge on any atom is 0.282 e. The number of rotatable bonds is 4. The van der Waals surface area contributed by atoms with Gasteiger partial charge in [0.15, 0.2) is 10.6 Å². The summed E-state index contributed by atoms with van der Waals surface area (Å²) in [5.74, 6) is -1.38. The number of carbonyl (C=O) groups excluding carboxylic acids is 2. The number of carbonyl (C=O) groups is 2. The molecule has 0 bridgehead atoms. The number of hydrogen-bond donors (Lipinski definition) is 0. The Morgan fingerprint density at radius 1 is 1.04 bits per heavy atom. The fourth-order valence-corrected chi connectivity index (χ4v) is 2.88. The molecule has 2 aromatic carbocycles. The normalized spacial score (nSPS) is 11.5. The monoisotopic (exact) mass is 340 g/mol. The standard InChI is InChI=1S/C18H13FN2O2S/c19-15-9-5-4-8-14(15)17(23)20-18-21(10-11-24-18)12-16(22)13-6-2-1-3-7-13/h1-11H,12H2. The van der Waals surface area contributed by atoms with E-state index in [9.17, 15) is 14.0 Å². The highest BCUT2D eigenvalue weighted by Crippen LogP contribution is 2.08. The van der Waals surface area contributed by atoms with E-state index in [0.717, 1.165) is 0 Å². The van der Waals surface area contributed by atoms with Gasteiger partial charge in [0, 0.05) is 17.1 Å². The average Bonchev–Trinajstić information content (AvgIpc) is 3.02. The molecule has 3 aromatic rings. The molecule has 0 N–H and O–H groups in total. The molecular weight excluding hydrogens is 327 g/mol. The second-order valence-corrected chi connectivity index (χ2v) is 5.87. The summed E-state index contributed by atoms with van der Waals surface area (Å²) in [4.78, 5) is 28.7. The summed E-state index contributed by atoms with van der Waals surface area (Å²) >= 11 is 1.22. The van der Waals surface area contributed by atoms with Crippen LogP contribution in [0, 0.1) is 5.82 Å². The molecule has 0 aliphatic rings. The van der Waals surface area contributed by atoms with E-state index < -0.39 is 11.7 Å². The topological polar surface area (TPSA) is 51.4 Å². The van der Waals surface area contributed by atoms with E-state index in [1.165, 1.54) is 29.5 Å². The lowest BCUT2D eigenvalue weighted by molar-refractivity contribution is 0.0962. The number of Topliss-reactive ketones (excluding diaryl/α,β-unsaturated/α-hetero) is 1. The Kier molecular flexibility index (Phi) is 4.77. The van der Waals surface area contributed by atoms with E-state index in [2.05, 4.69) is 4.99 Å². The first kappa shape index (κ1) is 16.0. The summed E-state index contributed by atoms with van der Waals surface area (Å²) in [6.45, 7) is 0.0664. The minimum atomic E-state index is -0.670. The molecule has 6 heteroatoms. The van der Waals surface area contributed by atoms with E-state index in [1.807, 2.05) is 6.07 Å². The number of amides is 1. The van der Waals surface area contributed by atoms with Crippen LogP contribution in [-0.2, 0) is 6.54 Å². The maximum atomic E-state index is 13.7. The molecular formula is C18H13FN2O2S. The Hall–Kier alpha value is -2.86. The van der Waals surface area contributed by atoms with Crippen molar-refractivity contribution in [2.24, 2.45) is 4.99 Å². The van der Waals surface area contributed by atoms with Crippen LogP contribution >= 0.6 is 11.3 Å². The van der Waals surface area contributed by atoms with Crippen LogP contribution in [0.4, 0.5) is 4.39 Å². The van der Waals surface area contributed by atoms with Crippen molar-refractivity contribution in [2.75, 3.05) is 0 Å². The van der Waals surface area contributed by atoms with E-state index >= 15 is 0 Å². The largest absolute Gasteiger partial charge is 0.316 e. The van der Waals surface area contributed by atoms with Gasteiger partial charge in [-0.05, 0) is 12.1 Å². The number of halogens is 1. The Morgan fingerprint density at radius 2 is 1.75 bits per heavy atom. The third-order valence-corrected chi connectivity index (χ3v) is 4.17. The molecule has 0 fully saturated rings. The molecule has 1 heterocycles. The molecule has 0 aliphatic carbocycles. The summed E-state index contributed by atoms with van der Waals surface area (Å²) < 4.78 is 15.2. The van der Waals surface area contributed by atoms with Crippen molar-refractivity contribution < 1.29 is 14.0 Å². The Bertz CT molecular complexity index is 945. The van der Waals surface area contributed by atoms with Crippen LogP contribution in [0.15, 0.2) is 71.2 Å². The number of nitrogens with zero attached hydrogens (tertiary/aromatic N) is 2. The van der Waals surface area contributed by atoms with Gasteiger partial charge in [-0.25, -0.2) is 4.39 Å². The molecule has 4 nitrogen and oxygen atoms in total. The van der Waals surface area contributed by atoms with Gasteiger partial charge < -0.3 is 4.57 Å². The van der Waals surface area contributed by atoms with Gasteiger partial charge in [0.2, 0.25) is 0 Å².